The van der Waals surface area contributed by atoms with Gasteiger partial charge in [0.15, 0.2) is 9.84 Å². The third-order valence-corrected chi connectivity index (χ3v) is 8.11. The fourth-order valence-electron chi connectivity index (χ4n) is 4.22. The van der Waals surface area contributed by atoms with Gasteiger partial charge in [0, 0.05) is 23.0 Å². The Labute approximate surface area is 202 Å². The summed E-state index contributed by atoms with van der Waals surface area (Å²) in [6.07, 6.45) is 7.00. The molecule has 1 aliphatic carbocycles. The molecule has 2 aromatic carbocycles. The van der Waals surface area contributed by atoms with E-state index >= 15 is 0 Å². The van der Waals surface area contributed by atoms with Gasteiger partial charge in [-0.1, -0.05) is 23.7 Å². The number of carbonyl (C=O) groups is 1. The Morgan fingerprint density at radius 3 is 2.56 bits per heavy atom. The van der Waals surface area contributed by atoms with E-state index in [0.717, 1.165) is 24.0 Å². The largest absolute Gasteiger partial charge is 0.478 e. The Morgan fingerprint density at radius 2 is 1.91 bits per heavy atom. The van der Waals surface area contributed by atoms with E-state index in [0.29, 0.717) is 34.0 Å². The van der Waals surface area contributed by atoms with Crippen molar-refractivity contribution in [2.24, 2.45) is 4.99 Å². The smallest absolute Gasteiger partial charge is 0.335 e. The number of halogens is 1. The van der Waals surface area contributed by atoms with Crippen LogP contribution in [-0.4, -0.2) is 37.2 Å². The molecule has 0 unspecified atom stereocenters. The molecule has 1 aliphatic heterocycles. The van der Waals surface area contributed by atoms with Crippen LogP contribution < -0.4 is 0 Å². The van der Waals surface area contributed by atoms with Gasteiger partial charge in [0.2, 0.25) is 0 Å². The zero-order valence-electron chi connectivity index (χ0n) is 18.1. The zero-order chi connectivity index (χ0) is 23.9. The summed E-state index contributed by atoms with van der Waals surface area (Å²) in [4.78, 5) is 20.3. The molecule has 0 radical (unpaired) electrons. The predicted octanol–water partition coefficient (Wildman–Crippen LogP) is 5.42. The van der Waals surface area contributed by atoms with Gasteiger partial charge >= 0.3 is 5.97 Å². The Morgan fingerprint density at radius 1 is 1.09 bits per heavy atom. The molecule has 1 N–H and O–H groups in total. The molecule has 0 saturated heterocycles. The van der Waals surface area contributed by atoms with Crippen LogP contribution in [0, 0.1) is 0 Å². The highest BCUT2D eigenvalue weighted by molar-refractivity contribution is 7.90. The first-order chi connectivity index (χ1) is 16.3. The van der Waals surface area contributed by atoms with Gasteiger partial charge in [-0.15, -0.1) is 0 Å². The van der Waals surface area contributed by atoms with Gasteiger partial charge in [0.1, 0.15) is 0 Å². The van der Waals surface area contributed by atoms with Crippen molar-refractivity contribution in [1.29, 1.82) is 0 Å². The Hall–Kier alpha value is -3.29. The van der Waals surface area contributed by atoms with E-state index in [1.165, 1.54) is 12.1 Å². The molecule has 34 heavy (non-hydrogen) atoms. The molecule has 2 heterocycles. The van der Waals surface area contributed by atoms with E-state index < -0.39 is 15.8 Å². The van der Waals surface area contributed by atoms with Gasteiger partial charge in [0.25, 0.3) is 0 Å². The van der Waals surface area contributed by atoms with Crippen molar-refractivity contribution in [3.63, 3.8) is 0 Å². The minimum atomic E-state index is -3.87. The summed E-state index contributed by atoms with van der Waals surface area (Å²) in [7, 11) is -3.87. The predicted molar refractivity (Wildman–Crippen MR) is 132 cm³/mol. The second-order valence-corrected chi connectivity index (χ2v) is 10.8. The number of pyridine rings is 1. The number of benzene rings is 2. The first-order valence-corrected chi connectivity index (χ1v) is 12.9. The first kappa shape index (κ1) is 22.5. The van der Waals surface area contributed by atoms with Crippen LogP contribution in [0.5, 0.6) is 0 Å². The van der Waals surface area contributed by atoms with Gasteiger partial charge in [-0.3, -0.25) is 9.98 Å². The average molecular weight is 493 g/mol. The third kappa shape index (κ3) is 4.41. The molecule has 6 nitrogen and oxygen atoms in total. The molecule has 1 saturated carbocycles. The van der Waals surface area contributed by atoms with Crippen LogP contribution in [0.15, 0.2) is 70.7 Å². The lowest BCUT2D eigenvalue weighted by molar-refractivity contribution is 0.0696. The molecule has 5 rings (SSSR count). The maximum absolute atomic E-state index is 13.7. The number of allylic oxidation sites excluding steroid dienone is 1. The van der Waals surface area contributed by atoms with Crippen molar-refractivity contribution in [2.75, 3.05) is 6.54 Å². The monoisotopic (exact) mass is 492 g/mol. The number of sulfone groups is 1. The molecular formula is C26H21ClN2O4S. The number of hydrogen-bond acceptors (Lipinski definition) is 5. The van der Waals surface area contributed by atoms with Crippen LogP contribution >= 0.6 is 11.6 Å². The highest BCUT2D eigenvalue weighted by Gasteiger charge is 2.32. The van der Waals surface area contributed by atoms with Crippen LogP contribution in [0.2, 0.25) is 5.02 Å². The standard InChI is InChI=1S/C26H21ClN2O4S/c27-23-13-22(24-3-1-2-9-29-24)19(11-21(23)18-8-10-28-14-18)15-34(32,33)25-12-17(26(30)31)6-7-20(25)16-4-5-16/h1-3,6-13,16H,4-5,14-15H2,(H,30,31). The summed E-state index contributed by atoms with van der Waals surface area (Å²) < 4.78 is 27.5. The van der Waals surface area contributed by atoms with Crippen LogP contribution in [0.3, 0.4) is 0 Å². The molecule has 2 aliphatic rings. The summed E-state index contributed by atoms with van der Waals surface area (Å²) in [5.74, 6) is -1.32. The molecular weight excluding hydrogens is 472 g/mol. The second kappa shape index (κ2) is 8.81. The van der Waals surface area contributed by atoms with Gasteiger partial charge < -0.3 is 5.11 Å². The summed E-state index contributed by atoms with van der Waals surface area (Å²) in [5.41, 5.74) is 4.06. The molecule has 8 heteroatoms. The lowest BCUT2D eigenvalue weighted by atomic mass is 9.98. The fraction of sp³-hybridized carbons (Fsp3) is 0.192. The number of rotatable bonds is 7. The van der Waals surface area contributed by atoms with E-state index in [1.54, 1.807) is 42.7 Å². The van der Waals surface area contributed by atoms with Gasteiger partial charge in [0.05, 0.1) is 28.5 Å². The number of carboxylic acid groups (broad SMARTS) is 1. The highest BCUT2D eigenvalue weighted by Crippen LogP contribution is 2.44. The van der Waals surface area contributed by atoms with Crippen LogP contribution in [0.1, 0.15) is 45.8 Å². The molecule has 3 aromatic rings. The van der Waals surface area contributed by atoms with Gasteiger partial charge in [-0.2, -0.15) is 0 Å². The van der Waals surface area contributed by atoms with Gasteiger partial charge in [-0.05, 0) is 83.5 Å². The van der Waals surface area contributed by atoms with E-state index in [1.807, 2.05) is 12.1 Å². The fourth-order valence-corrected chi connectivity index (χ4v) is 6.21. The van der Waals surface area contributed by atoms with Gasteiger partial charge in [-0.25, -0.2) is 13.2 Å². The van der Waals surface area contributed by atoms with E-state index in [2.05, 4.69) is 9.98 Å². The van der Waals surface area contributed by atoms with Crippen molar-refractivity contribution in [2.45, 2.75) is 29.4 Å². The molecule has 172 valence electrons. The molecule has 1 fully saturated rings. The number of aliphatic imine (C=N–C) groups is 1. The minimum absolute atomic E-state index is 0.0435. The topological polar surface area (TPSA) is 96.7 Å². The lowest BCUT2D eigenvalue weighted by Crippen LogP contribution is -2.11. The molecule has 0 atom stereocenters. The number of hydrogen-bond donors (Lipinski definition) is 1. The molecule has 0 amide bonds. The third-order valence-electron chi connectivity index (χ3n) is 6.08. The molecule has 1 aromatic heterocycles. The van der Waals surface area contributed by atoms with Crippen molar-refractivity contribution in [3.05, 3.63) is 88.1 Å². The Balaban J connectivity index is 1.64. The summed E-state index contributed by atoms with van der Waals surface area (Å²) in [6, 6.07) is 13.4. The minimum Gasteiger partial charge on any atom is -0.478 e. The van der Waals surface area contributed by atoms with Crippen molar-refractivity contribution in [3.8, 4) is 11.3 Å². The number of nitrogens with zero attached hydrogens (tertiary/aromatic N) is 2. The highest BCUT2D eigenvalue weighted by atomic mass is 35.5. The summed E-state index contributed by atoms with van der Waals surface area (Å²) in [5, 5.41) is 9.95. The SMILES string of the molecule is O=C(O)c1ccc(C2CC2)c(S(=O)(=O)Cc2cc(C3=CC=NC3)c(Cl)cc2-c2ccccn2)c1. The number of aromatic carboxylic acids is 1. The average Bonchev–Trinajstić information content (AvgIpc) is 3.53. The maximum atomic E-state index is 13.7. The van der Waals surface area contributed by atoms with Crippen molar-refractivity contribution < 1.29 is 18.3 Å². The van der Waals surface area contributed by atoms with E-state index in [9.17, 15) is 18.3 Å². The summed E-state index contributed by atoms with van der Waals surface area (Å²) >= 11 is 6.61. The summed E-state index contributed by atoms with van der Waals surface area (Å²) in [6.45, 7) is 0.474. The first-order valence-electron chi connectivity index (χ1n) is 10.9. The molecule has 0 spiro atoms. The van der Waals surface area contributed by atoms with E-state index in [4.69, 9.17) is 11.6 Å². The Bertz CT molecular complexity index is 1460. The number of aromatic nitrogens is 1. The lowest BCUT2D eigenvalue weighted by Gasteiger charge is -2.16. The van der Waals surface area contributed by atoms with Crippen molar-refractivity contribution in [1.82, 2.24) is 4.98 Å². The number of carboxylic acids is 1. The molecule has 0 bridgehead atoms. The Kier molecular flexibility index (Phi) is 5.83. The maximum Gasteiger partial charge on any atom is 0.335 e. The normalized spacial score (nSPS) is 15.4. The van der Waals surface area contributed by atoms with Crippen LogP contribution in [0.25, 0.3) is 16.8 Å². The van der Waals surface area contributed by atoms with Crippen LogP contribution in [-0.2, 0) is 15.6 Å². The van der Waals surface area contributed by atoms with Crippen molar-refractivity contribution >= 4 is 39.2 Å². The zero-order valence-corrected chi connectivity index (χ0v) is 19.7. The van der Waals surface area contributed by atoms with E-state index in [-0.39, 0.29) is 22.1 Å². The second-order valence-electron chi connectivity index (χ2n) is 8.48. The van der Waals surface area contributed by atoms with Crippen LogP contribution in [0.4, 0.5) is 0 Å². The quantitative estimate of drug-likeness (QED) is 0.475.